The first-order chi connectivity index (χ1) is 11.2. The zero-order valence-corrected chi connectivity index (χ0v) is 14.0. The molecule has 0 bridgehead atoms. The number of nitro groups is 1. The topological polar surface area (TPSA) is 80.5 Å². The molecule has 1 heterocycles. The molecule has 1 aromatic rings. The molecule has 1 aromatic carbocycles. The zero-order valence-electron chi connectivity index (χ0n) is 14.0. The van der Waals surface area contributed by atoms with Crippen LogP contribution in [0.2, 0.25) is 0 Å². The first-order valence-corrected chi connectivity index (χ1v) is 7.97. The van der Waals surface area contributed by atoms with E-state index in [9.17, 15) is 19.7 Å². The largest absolute Gasteiger partial charge is 0.319 e. The highest BCUT2D eigenvalue weighted by Crippen LogP contribution is 2.47. The summed E-state index contributed by atoms with van der Waals surface area (Å²) in [7, 11) is 1.68. The SMILES string of the molecule is CN1C(=O)C[C@@H](c2ccccc2[N+](=O)[O-])C2=C1CC(C)(C)CC2=O. The maximum Gasteiger partial charge on any atom is 0.273 e. The molecule has 0 saturated carbocycles. The van der Waals surface area contributed by atoms with Crippen molar-refractivity contribution < 1.29 is 14.5 Å². The van der Waals surface area contributed by atoms with E-state index in [2.05, 4.69) is 0 Å². The van der Waals surface area contributed by atoms with Crippen molar-refractivity contribution in [3.8, 4) is 0 Å². The van der Waals surface area contributed by atoms with Gasteiger partial charge in [0.1, 0.15) is 0 Å². The molecule has 6 heteroatoms. The number of nitro benzene ring substituents is 1. The Labute approximate surface area is 140 Å². The van der Waals surface area contributed by atoms with E-state index >= 15 is 0 Å². The Morgan fingerprint density at radius 1 is 1.21 bits per heavy atom. The van der Waals surface area contributed by atoms with Crippen LogP contribution in [0, 0.1) is 15.5 Å². The summed E-state index contributed by atoms with van der Waals surface area (Å²) in [6.45, 7) is 4.00. The minimum Gasteiger partial charge on any atom is -0.319 e. The van der Waals surface area contributed by atoms with Gasteiger partial charge in [-0.05, 0) is 11.8 Å². The fourth-order valence-corrected chi connectivity index (χ4v) is 3.77. The normalized spacial score (nSPS) is 23.3. The molecule has 1 aliphatic carbocycles. The predicted molar refractivity (Wildman–Crippen MR) is 88.3 cm³/mol. The van der Waals surface area contributed by atoms with Crippen molar-refractivity contribution >= 4 is 17.4 Å². The lowest BCUT2D eigenvalue weighted by molar-refractivity contribution is -0.385. The van der Waals surface area contributed by atoms with E-state index in [1.165, 1.54) is 6.07 Å². The number of amides is 1. The first kappa shape index (κ1) is 16.4. The van der Waals surface area contributed by atoms with Crippen molar-refractivity contribution in [2.24, 2.45) is 5.41 Å². The van der Waals surface area contributed by atoms with Gasteiger partial charge in [-0.15, -0.1) is 0 Å². The van der Waals surface area contributed by atoms with Gasteiger partial charge in [-0.25, -0.2) is 0 Å². The lowest BCUT2D eigenvalue weighted by Gasteiger charge is -2.41. The van der Waals surface area contributed by atoms with Crippen LogP contribution in [0.4, 0.5) is 5.69 Å². The van der Waals surface area contributed by atoms with Gasteiger partial charge >= 0.3 is 0 Å². The maximum atomic E-state index is 12.8. The number of nitrogens with zero attached hydrogens (tertiary/aromatic N) is 2. The number of carbonyl (C=O) groups excluding carboxylic acids is 2. The van der Waals surface area contributed by atoms with Crippen LogP contribution in [0.3, 0.4) is 0 Å². The van der Waals surface area contributed by atoms with Crippen molar-refractivity contribution in [3.05, 3.63) is 51.2 Å². The monoisotopic (exact) mass is 328 g/mol. The third-order valence-corrected chi connectivity index (χ3v) is 4.91. The number of para-hydroxylation sites is 1. The van der Waals surface area contributed by atoms with Crippen LogP contribution in [0.5, 0.6) is 0 Å². The second-order valence-electron chi connectivity index (χ2n) is 7.33. The quantitative estimate of drug-likeness (QED) is 0.617. The molecule has 6 nitrogen and oxygen atoms in total. The Hall–Kier alpha value is -2.50. The molecule has 126 valence electrons. The summed E-state index contributed by atoms with van der Waals surface area (Å²) in [5, 5.41) is 11.4. The van der Waals surface area contributed by atoms with E-state index < -0.39 is 10.8 Å². The van der Waals surface area contributed by atoms with Crippen molar-refractivity contribution in [3.63, 3.8) is 0 Å². The van der Waals surface area contributed by atoms with Gasteiger partial charge in [0.15, 0.2) is 5.78 Å². The van der Waals surface area contributed by atoms with Crippen LogP contribution < -0.4 is 0 Å². The second kappa shape index (κ2) is 5.54. The number of hydrogen-bond acceptors (Lipinski definition) is 4. The number of benzene rings is 1. The smallest absolute Gasteiger partial charge is 0.273 e. The molecule has 2 aliphatic rings. The van der Waals surface area contributed by atoms with E-state index in [4.69, 9.17) is 0 Å². The van der Waals surface area contributed by atoms with Gasteiger partial charge in [0.25, 0.3) is 5.69 Å². The van der Waals surface area contributed by atoms with E-state index in [1.807, 2.05) is 13.8 Å². The third kappa shape index (κ3) is 2.62. The van der Waals surface area contributed by atoms with Crippen LogP contribution >= 0.6 is 0 Å². The second-order valence-corrected chi connectivity index (χ2v) is 7.33. The summed E-state index contributed by atoms with van der Waals surface area (Å²) >= 11 is 0. The Kier molecular flexibility index (Phi) is 3.78. The summed E-state index contributed by atoms with van der Waals surface area (Å²) in [5.74, 6) is -0.653. The number of hydrogen-bond donors (Lipinski definition) is 0. The van der Waals surface area contributed by atoms with Gasteiger partial charge in [-0.3, -0.25) is 19.7 Å². The highest BCUT2D eigenvalue weighted by Gasteiger charge is 2.44. The number of ketones is 1. The maximum absolute atomic E-state index is 12.8. The van der Waals surface area contributed by atoms with Crippen LogP contribution in [-0.4, -0.2) is 28.6 Å². The average Bonchev–Trinajstić information content (AvgIpc) is 2.50. The molecule has 24 heavy (non-hydrogen) atoms. The zero-order chi connectivity index (χ0) is 17.6. The van der Waals surface area contributed by atoms with E-state index in [0.29, 0.717) is 24.0 Å². The standard InChI is InChI=1S/C18H20N2O4/c1-18(2)9-14-17(15(21)10-18)12(8-16(22)19(14)3)11-6-4-5-7-13(11)20(23)24/h4-7,12H,8-10H2,1-3H3/t12-/m0/s1. The van der Waals surface area contributed by atoms with Crippen LogP contribution in [0.15, 0.2) is 35.5 Å². The number of rotatable bonds is 2. The molecule has 1 aliphatic heterocycles. The van der Waals surface area contributed by atoms with E-state index in [0.717, 1.165) is 5.70 Å². The lowest BCUT2D eigenvalue weighted by Crippen LogP contribution is -2.41. The van der Waals surface area contributed by atoms with Gasteiger partial charge < -0.3 is 4.90 Å². The summed E-state index contributed by atoms with van der Waals surface area (Å²) in [4.78, 5) is 37.7. The summed E-state index contributed by atoms with van der Waals surface area (Å²) in [5.41, 5.74) is 1.49. The molecule has 1 atom stereocenters. The summed E-state index contributed by atoms with van der Waals surface area (Å²) in [6, 6.07) is 6.39. The molecule has 1 amide bonds. The fraction of sp³-hybridized carbons (Fsp3) is 0.444. The van der Waals surface area contributed by atoms with Crippen LogP contribution in [0.25, 0.3) is 0 Å². The molecule has 3 rings (SSSR count). The molecule has 0 N–H and O–H groups in total. The van der Waals surface area contributed by atoms with Crippen molar-refractivity contribution in [2.45, 2.75) is 39.0 Å². The molecule has 0 fully saturated rings. The Balaban J connectivity index is 2.19. The molecule has 0 radical (unpaired) electrons. The number of Topliss-reactive ketones (excluding diaryl/α,β-unsaturated/α-hetero) is 1. The molecule has 0 saturated heterocycles. The molecule has 0 aromatic heterocycles. The van der Waals surface area contributed by atoms with Crippen LogP contribution in [-0.2, 0) is 9.59 Å². The van der Waals surface area contributed by atoms with E-state index in [1.54, 1.807) is 30.1 Å². The molecule has 0 spiro atoms. The minimum atomic E-state index is -0.533. The summed E-state index contributed by atoms with van der Waals surface area (Å²) in [6.07, 6.45) is 1.10. The third-order valence-electron chi connectivity index (χ3n) is 4.91. The van der Waals surface area contributed by atoms with Crippen molar-refractivity contribution in [2.75, 3.05) is 7.05 Å². The predicted octanol–water partition coefficient (Wildman–Crippen LogP) is 3.18. The molecule has 0 unspecified atom stereocenters. The molecular formula is C18H20N2O4. The highest BCUT2D eigenvalue weighted by molar-refractivity contribution is 6.02. The van der Waals surface area contributed by atoms with Gasteiger partial charge in [0, 0.05) is 48.7 Å². The van der Waals surface area contributed by atoms with Crippen LogP contribution in [0.1, 0.15) is 44.6 Å². The fourth-order valence-electron chi connectivity index (χ4n) is 3.77. The van der Waals surface area contributed by atoms with Crippen molar-refractivity contribution in [1.29, 1.82) is 0 Å². The van der Waals surface area contributed by atoms with Crippen molar-refractivity contribution in [1.82, 2.24) is 4.90 Å². The van der Waals surface area contributed by atoms with Gasteiger partial charge in [0.2, 0.25) is 5.91 Å². The number of carbonyl (C=O) groups is 2. The van der Waals surface area contributed by atoms with E-state index in [-0.39, 0.29) is 29.2 Å². The Morgan fingerprint density at radius 3 is 2.54 bits per heavy atom. The van der Waals surface area contributed by atoms with Gasteiger partial charge in [0.05, 0.1) is 4.92 Å². The Morgan fingerprint density at radius 2 is 1.88 bits per heavy atom. The molecular weight excluding hydrogens is 308 g/mol. The lowest BCUT2D eigenvalue weighted by atomic mass is 9.69. The average molecular weight is 328 g/mol. The van der Waals surface area contributed by atoms with Gasteiger partial charge in [-0.1, -0.05) is 32.0 Å². The Bertz CT molecular complexity index is 779. The first-order valence-electron chi connectivity index (χ1n) is 7.97. The van der Waals surface area contributed by atoms with Gasteiger partial charge in [-0.2, -0.15) is 0 Å². The number of allylic oxidation sites excluding steroid dienone is 2. The summed E-state index contributed by atoms with van der Waals surface area (Å²) < 4.78 is 0. The highest BCUT2D eigenvalue weighted by atomic mass is 16.6. The minimum absolute atomic E-state index is 0.0104.